The molecule has 2 rings (SSSR count). The predicted molar refractivity (Wildman–Crippen MR) is 85.8 cm³/mol. The average Bonchev–Trinajstić information content (AvgIpc) is 2.58. The second-order valence-electron chi connectivity index (χ2n) is 5.18. The van der Waals surface area contributed by atoms with Crippen LogP contribution < -0.4 is 0 Å². The summed E-state index contributed by atoms with van der Waals surface area (Å²) >= 11 is 0. The average molecular weight is 313 g/mol. The summed E-state index contributed by atoms with van der Waals surface area (Å²) in [6.45, 7) is 0.151. The Labute approximate surface area is 135 Å². The number of nitrogens with zero attached hydrogens (tertiary/aromatic N) is 1. The molecule has 0 saturated carbocycles. The highest BCUT2D eigenvalue weighted by Crippen LogP contribution is 2.24. The molecule has 5 nitrogen and oxygen atoms in total. The molecule has 0 bridgehead atoms. The quantitative estimate of drug-likeness (QED) is 0.886. The lowest BCUT2D eigenvalue weighted by Crippen LogP contribution is -2.33. The molecule has 0 aliphatic carbocycles. The number of hydrogen-bond donors (Lipinski definition) is 1. The van der Waals surface area contributed by atoms with Gasteiger partial charge in [-0.2, -0.15) is 0 Å². The number of hydrogen-bond acceptors (Lipinski definition) is 3. The fraction of sp³-hybridized carbons (Fsp3) is 0.222. The maximum absolute atomic E-state index is 12.2. The normalized spacial score (nSPS) is 11.5. The number of aliphatic carboxylic acids is 1. The maximum atomic E-state index is 12.2. The van der Waals surface area contributed by atoms with Crippen LogP contribution in [0.25, 0.3) is 0 Å². The summed E-state index contributed by atoms with van der Waals surface area (Å²) in [6, 6.07) is 17.8. The van der Waals surface area contributed by atoms with E-state index in [4.69, 9.17) is 9.84 Å². The Bertz CT molecular complexity index is 643. The standard InChI is InChI=1S/C18H19NO4/c1-19(18(22)23-13-14-8-4-2-5-9-14)16(12-17(20)21)15-10-6-3-7-11-15/h2-11,16H,12-13H2,1H3,(H,20,21). The van der Waals surface area contributed by atoms with Gasteiger partial charge in [0, 0.05) is 7.05 Å². The van der Waals surface area contributed by atoms with Crippen molar-refractivity contribution in [2.75, 3.05) is 7.05 Å². The molecule has 1 atom stereocenters. The molecule has 0 heterocycles. The molecule has 0 aromatic heterocycles. The highest BCUT2D eigenvalue weighted by molar-refractivity contribution is 5.72. The summed E-state index contributed by atoms with van der Waals surface area (Å²) in [4.78, 5) is 24.7. The number of carbonyl (C=O) groups excluding carboxylic acids is 1. The molecule has 1 amide bonds. The number of amides is 1. The predicted octanol–water partition coefficient (Wildman–Crippen LogP) is 3.47. The molecule has 120 valence electrons. The van der Waals surface area contributed by atoms with Gasteiger partial charge in [-0.05, 0) is 11.1 Å². The summed E-state index contributed by atoms with van der Waals surface area (Å²) in [5.41, 5.74) is 1.64. The lowest BCUT2D eigenvalue weighted by Gasteiger charge is -2.26. The van der Waals surface area contributed by atoms with E-state index in [0.717, 1.165) is 11.1 Å². The number of carboxylic acids is 1. The van der Waals surface area contributed by atoms with Crippen molar-refractivity contribution >= 4 is 12.1 Å². The molecule has 23 heavy (non-hydrogen) atoms. The summed E-state index contributed by atoms with van der Waals surface area (Å²) < 4.78 is 5.27. The number of benzene rings is 2. The zero-order chi connectivity index (χ0) is 16.7. The summed E-state index contributed by atoms with van der Waals surface area (Å²) in [5.74, 6) is -0.971. The van der Waals surface area contributed by atoms with Crippen molar-refractivity contribution in [2.24, 2.45) is 0 Å². The smallest absolute Gasteiger partial charge is 0.410 e. The first-order chi connectivity index (χ1) is 11.1. The Kier molecular flexibility index (Phi) is 5.74. The van der Waals surface area contributed by atoms with Gasteiger partial charge in [0.1, 0.15) is 6.61 Å². The van der Waals surface area contributed by atoms with E-state index in [0.29, 0.717) is 0 Å². The van der Waals surface area contributed by atoms with Crippen LogP contribution in [-0.4, -0.2) is 29.1 Å². The largest absolute Gasteiger partial charge is 0.481 e. The molecule has 2 aromatic carbocycles. The van der Waals surface area contributed by atoms with Crippen molar-refractivity contribution in [1.29, 1.82) is 0 Å². The minimum atomic E-state index is -0.971. The first kappa shape index (κ1) is 16.5. The first-order valence-corrected chi connectivity index (χ1v) is 7.28. The van der Waals surface area contributed by atoms with Crippen molar-refractivity contribution in [2.45, 2.75) is 19.1 Å². The minimum absolute atomic E-state index is 0.151. The van der Waals surface area contributed by atoms with Gasteiger partial charge in [0.05, 0.1) is 12.5 Å². The Morgan fingerprint density at radius 3 is 2.17 bits per heavy atom. The third-order valence-electron chi connectivity index (χ3n) is 3.51. The Morgan fingerprint density at radius 1 is 1.04 bits per heavy atom. The Hall–Kier alpha value is -2.82. The van der Waals surface area contributed by atoms with Crippen molar-refractivity contribution in [3.8, 4) is 0 Å². The van der Waals surface area contributed by atoms with Crippen LogP contribution >= 0.6 is 0 Å². The molecule has 0 spiro atoms. The second kappa shape index (κ2) is 7.98. The summed E-state index contributed by atoms with van der Waals surface area (Å²) in [5, 5.41) is 9.11. The van der Waals surface area contributed by atoms with Crippen molar-refractivity contribution in [3.63, 3.8) is 0 Å². The molecule has 0 radical (unpaired) electrons. The van der Waals surface area contributed by atoms with Gasteiger partial charge in [0.2, 0.25) is 0 Å². The molecule has 0 fully saturated rings. The van der Waals surface area contributed by atoms with Crippen LogP contribution in [0.4, 0.5) is 4.79 Å². The van der Waals surface area contributed by atoms with Gasteiger partial charge >= 0.3 is 12.1 Å². The van der Waals surface area contributed by atoms with Gasteiger partial charge in [-0.25, -0.2) is 4.79 Å². The number of carboxylic acid groups (broad SMARTS) is 1. The van der Waals surface area contributed by atoms with Gasteiger partial charge in [-0.15, -0.1) is 0 Å². The lowest BCUT2D eigenvalue weighted by molar-refractivity contribution is -0.138. The molecule has 0 aliphatic heterocycles. The monoisotopic (exact) mass is 313 g/mol. The first-order valence-electron chi connectivity index (χ1n) is 7.28. The van der Waals surface area contributed by atoms with E-state index in [-0.39, 0.29) is 13.0 Å². The zero-order valence-corrected chi connectivity index (χ0v) is 12.9. The van der Waals surface area contributed by atoms with Gasteiger partial charge in [-0.1, -0.05) is 60.7 Å². The van der Waals surface area contributed by atoms with Gasteiger partial charge in [0.25, 0.3) is 0 Å². The van der Waals surface area contributed by atoms with Crippen LogP contribution in [-0.2, 0) is 16.1 Å². The molecule has 0 saturated heterocycles. The van der Waals surface area contributed by atoms with Crippen molar-refractivity contribution in [3.05, 3.63) is 71.8 Å². The van der Waals surface area contributed by atoms with E-state index in [1.165, 1.54) is 4.90 Å². The second-order valence-corrected chi connectivity index (χ2v) is 5.18. The van der Waals surface area contributed by atoms with Crippen LogP contribution in [0.1, 0.15) is 23.6 Å². The third kappa shape index (κ3) is 4.85. The highest BCUT2D eigenvalue weighted by Gasteiger charge is 2.25. The number of rotatable bonds is 6. The minimum Gasteiger partial charge on any atom is -0.481 e. The highest BCUT2D eigenvalue weighted by atomic mass is 16.6. The third-order valence-corrected chi connectivity index (χ3v) is 3.51. The lowest BCUT2D eigenvalue weighted by atomic mass is 10.0. The van der Waals surface area contributed by atoms with E-state index < -0.39 is 18.1 Å². The molecule has 2 aromatic rings. The Balaban J connectivity index is 2.05. The van der Waals surface area contributed by atoms with Crippen LogP contribution in [0.2, 0.25) is 0 Å². The van der Waals surface area contributed by atoms with Gasteiger partial charge in [-0.3, -0.25) is 4.79 Å². The Morgan fingerprint density at radius 2 is 1.61 bits per heavy atom. The van der Waals surface area contributed by atoms with Crippen LogP contribution in [0.15, 0.2) is 60.7 Å². The zero-order valence-electron chi connectivity index (χ0n) is 12.9. The summed E-state index contributed by atoms with van der Waals surface area (Å²) in [6.07, 6.45) is -0.732. The molecule has 0 aliphatic rings. The summed E-state index contributed by atoms with van der Waals surface area (Å²) in [7, 11) is 1.55. The topological polar surface area (TPSA) is 66.8 Å². The SMILES string of the molecule is CN(C(=O)OCc1ccccc1)C(CC(=O)O)c1ccccc1. The molecule has 1 unspecified atom stereocenters. The molecular weight excluding hydrogens is 294 g/mol. The van der Waals surface area contributed by atoms with Crippen molar-refractivity contribution in [1.82, 2.24) is 4.90 Å². The van der Waals surface area contributed by atoms with E-state index in [9.17, 15) is 9.59 Å². The van der Waals surface area contributed by atoms with E-state index >= 15 is 0 Å². The molecular formula is C18H19NO4. The fourth-order valence-electron chi connectivity index (χ4n) is 2.27. The van der Waals surface area contributed by atoms with Gasteiger partial charge in [0.15, 0.2) is 0 Å². The van der Waals surface area contributed by atoms with E-state index in [1.807, 2.05) is 48.5 Å². The maximum Gasteiger partial charge on any atom is 0.410 e. The number of ether oxygens (including phenoxy) is 1. The fourth-order valence-corrected chi connectivity index (χ4v) is 2.27. The van der Waals surface area contributed by atoms with Gasteiger partial charge < -0.3 is 14.7 Å². The molecule has 1 N–H and O–H groups in total. The molecule has 5 heteroatoms. The van der Waals surface area contributed by atoms with Crippen LogP contribution in [0.5, 0.6) is 0 Å². The van der Waals surface area contributed by atoms with Crippen LogP contribution in [0, 0.1) is 0 Å². The van der Waals surface area contributed by atoms with Crippen LogP contribution in [0.3, 0.4) is 0 Å². The van der Waals surface area contributed by atoms with Crippen molar-refractivity contribution < 1.29 is 19.4 Å². The number of carbonyl (C=O) groups is 2. The van der Waals surface area contributed by atoms with E-state index in [2.05, 4.69) is 0 Å². The van der Waals surface area contributed by atoms with E-state index in [1.54, 1.807) is 19.2 Å².